The lowest BCUT2D eigenvalue weighted by Gasteiger charge is -2.37. The maximum absolute atomic E-state index is 13.7. The number of allylic oxidation sites excluding steroid dienone is 2. The Morgan fingerprint density at radius 1 is 0.957 bits per heavy atom. The molecule has 1 saturated heterocycles. The number of carbonyl (C=O) groups excluding carboxylic acids is 4. The highest BCUT2D eigenvalue weighted by Gasteiger charge is 2.67. The van der Waals surface area contributed by atoms with Crippen molar-refractivity contribution in [3.8, 4) is 11.3 Å². The monoisotopic (exact) mass is 708 g/mol. The molecule has 1 aromatic heterocycles. The van der Waals surface area contributed by atoms with Gasteiger partial charge in [-0.05, 0) is 104 Å². The number of benzene rings is 3. The number of rotatable bonds is 7. The van der Waals surface area contributed by atoms with Crippen LogP contribution in [0.15, 0.2) is 83.4 Å². The average molecular weight is 710 g/mol. The summed E-state index contributed by atoms with van der Waals surface area (Å²) in [6, 6.07) is 19.1. The number of nitrogens with zero attached hydrogens (tertiary/aromatic N) is 2. The predicted octanol–water partition coefficient (Wildman–Crippen LogP) is 7.87. The summed E-state index contributed by atoms with van der Waals surface area (Å²) in [5.74, 6) is -0.336. The van der Waals surface area contributed by atoms with E-state index in [1.54, 1.807) is 49.4 Å². The lowest BCUT2D eigenvalue weighted by Crippen LogP contribution is -2.40. The number of halogens is 2. The molecule has 5 aliphatic rings. The lowest BCUT2D eigenvalue weighted by atomic mass is 9.63. The first-order chi connectivity index (χ1) is 22.6. The van der Waals surface area contributed by atoms with E-state index < -0.39 is 12.1 Å². The lowest BCUT2D eigenvalue weighted by molar-refractivity contribution is -0.124. The Hall–Kier alpha value is -4.14. The van der Waals surface area contributed by atoms with Gasteiger partial charge in [0.05, 0.1) is 34.3 Å². The fourth-order valence-corrected chi connectivity index (χ4v) is 8.70. The van der Waals surface area contributed by atoms with Crippen LogP contribution in [0.1, 0.15) is 46.5 Å². The second-order valence-corrected chi connectivity index (χ2v) is 14.4. The van der Waals surface area contributed by atoms with Crippen molar-refractivity contribution in [1.82, 2.24) is 4.98 Å². The Bertz CT molecular complexity index is 2010. The van der Waals surface area contributed by atoms with E-state index in [1.165, 1.54) is 4.90 Å². The van der Waals surface area contributed by atoms with Gasteiger partial charge in [0.15, 0.2) is 6.10 Å². The van der Waals surface area contributed by atoms with E-state index in [0.29, 0.717) is 56.7 Å². The minimum atomic E-state index is -1.04. The molecule has 0 radical (unpaired) electrons. The summed E-state index contributed by atoms with van der Waals surface area (Å²) in [4.78, 5) is 60.4. The zero-order valence-electron chi connectivity index (χ0n) is 25.7. The normalized spacial score (nSPS) is 25.9. The summed E-state index contributed by atoms with van der Waals surface area (Å²) in [6.45, 7) is 3.56. The van der Waals surface area contributed by atoms with Gasteiger partial charge in [0.2, 0.25) is 17.6 Å². The summed E-state index contributed by atoms with van der Waals surface area (Å²) >= 11 is 9.54. The number of imide groups is 1. The zero-order valence-corrected chi connectivity index (χ0v) is 28.0. The molecule has 7 nitrogen and oxygen atoms in total. The van der Waals surface area contributed by atoms with Crippen molar-refractivity contribution >= 4 is 67.7 Å². The van der Waals surface area contributed by atoms with Gasteiger partial charge in [0, 0.05) is 26.0 Å². The number of ether oxygens (including phenoxy) is 1. The number of amides is 2. The van der Waals surface area contributed by atoms with Gasteiger partial charge in [0.1, 0.15) is 0 Å². The number of pyridine rings is 1. The van der Waals surface area contributed by atoms with Crippen LogP contribution in [0.25, 0.3) is 22.2 Å². The number of hydrogen-bond acceptors (Lipinski definition) is 6. The third kappa shape index (κ3) is 4.87. The van der Waals surface area contributed by atoms with Crippen molar-refractivity contribution in [1.29, 1.82) is 0 Å². The smallest absolute Gasteiger partial charge is 0.339 e. The highest BCUT2D eigenvalue weighted by atomic mass is 79.9. The van der Waals surface area contributed by atoms with Crippen molar-refractivity contribution in [2.75, 3.05) is 4.90 Å². The fourth-order valence-electron chi connectivity index (χ4n) is 8.07. The number of hydrogen-bond donors (Lipinski definition) is 0. The Morgan fingerprint density at radius 2 is 1.60 bits per heavy atom. The molecular weight excluding hydrogens is 680 g/mol. The summed E-state index contributed by atoms with van der Waals surface area (Å²) in [5, 5.41) is 1.11. The van der Waals surface area contributed by atoms with Gasteiger partial charge in [0.25, 0.3) is 0 Å². The molecule has 3 aromatic carbocycles. The van der Waals surface area contributed by atoms with E-state index >= 15 is 0 Å². The van der Waals surface area contributed by atoms with Crippen molar-refractivity contribution in [2.24, 2.45) is 35.5 Å². The molecule has 236 valence electrons. The molecule has 2 amide bonds. The van der Waals surface area contributed by atoms with Crippen LogP contribution in [0.4, 0.5) is 5.69 Å². The molecule has 7 unspecified atom stereocenters. The minimum absolute atomic E-state index is 0.105. The molecule has 4 aliphatic carbocycles. The van der Waals surface area contributed by atoms with Crippen LogP contribution < -0.4 is 4.90 Å². The molecule has 9 rings (SSSR count). The van der Waals surface area contributed by atoms with Crippen LogP contribution >= 0.6 is 27.5 Å². The standard InChI is InChI=1S/C38H30BrClN2O5/c1-3-19-14-22(39)15-29-30(38(46)47-18(2)35(43)21-4-8-23(40)9-5-21)17-31(41-34(19)29)20-6-10-24(11-7-20)42-36(44)32-25-12-13-26(28-16-27(25)28)33(32)37(42)45/h4-15,17-18,25-28,32-33H,3,16H2,1-2H3. The molecule has 2 heterocycles. The molecule has 2 bridgehead atoms. The summed E-state index contributed by atoms with van der Waals surface area (Å²) in [5.41, 5.74) is 4.02. The SMILES string of the molecule is CCc1cc(Br)cc2c(C(=O)OC(C)C(=O)c3ccc(Cl)cc3)cc(-c3ccc(N4C(=O)C5C6C=CC(C7CC67)C5C4=O)cc3)nc12. The minimum Gasteiger partial charge on any atom is -0.451 e. The number of Topliss-reactive ketones (excluding diaryl/α,β-unsaturated/α-hetero) is 1. The first-order valence-electron chi connectivity index (χ1n) is 15.9. The predicted molar refractivity (Wildman–Crippen MR) is 182 cm³/mol. The number of ketones is 1. The number of fused-ring (bicyclic) bond motifs is 1. The van der Waals surface area contributed by atoms with Gasteiger partial charge in [-0.15, -0.1) is 0 Å². The Labute approximate surface area is 285 Å². The van der Waals surface area contributed by atoms with Crippen molar-refractivity contribution in [3.05, 3.63) is 105 Å². The topological polar surface area (TPSA) is 93.6 Å². The highest BCUT2D eigenvalue weighted by molar-refractivity contribution is 9.10. The number of esters is 1. The van der Waals surface area contributed by atoms with Gasteiger partial charge >= 0.3 is 5.97 Å². The molecule has 0 spiro atoms. The van der Waals surface area contributed by atoms with Crippen LogP contribution in [-0.4, -0.2) is 34.7 Å². The molecule has 3 fully saturated rings. The van der Waals surface area contributed by atoms with E-state index in [4.69, 9.17) is 21.3 Å². The van der Waals surface area contributed by atoms with Crippen LogP contribution in [0, 0.1) is 35.5 Å². The van der Waals surface area contributed by atoms with E-state index in [2.05, 4.69) is 28.1 Å². The van der Waals surface area contributed by atoms with E-state index in [9.17, 15) is 19.2 Å². The molecular formula is C38H30BrClN2O5. The highest BCUT2D eigenvalue weighted by Crippen LogP contribution is 2.65. The largest absolute Gasteiger partial charge is 0.451 e. The number of anilines is 1. The summed E-state index contributed by atoms with van der Waals surface area (Å²) in [7, 11) is 0. The second-order valence-electron chi connectivity index (χ2n) is 13.0. The van der Waals surface area contributed by atoms with Gasteiger partial charge in [-0.1, -0.05) is 58.7 Å². The third-order valence-corrected chi connectivity index (χ3v) is 11.1. The molecule has 4 aromatic rings. The van der Waals surface area contributed by atoms with Crippen molar-refractivity contribution in [3.63, 3.8) is 0 Å². The average Bonchev–Trinajstić information content (AvgIpc) is 3.86. The van der Waals surface area contributed by atoms with Gasteiger partial charge < -0.3 is 4.74 Å². The quantitative estimate of drug-likeness (QED) is 0.0840. The Morgan fingerprint density at radius 3 is 2.21 bits per heavy atom. The van der Waals surface area contributed by atoms with Crippen LogP contribution in [0.2, 0.25) is 5.02 Å². The first-order valence-corrected chi connectivity index (χ1v) is 17.1. The third-order valence-electron chi connectivity index (χ3n) is 10.4. The Balaban J connectivity index is 1.12. The maximum Gasteiger partial charge on any atom is 0.339 e. The molecule has 2 saturated carbocycles. The Kier molecular flexibility index (Phi) is 7.22. The fraction of sp³-hybridized carbons (Fsp3) is 0.289. The van der Waals surface area contributed by atoms with Gasteiger partial charge in [-0.25, -0.2) is 9.78 Å². The molecule has 0 N–H and O–H groups in total. The molecule has 1 aliphatic heterocycles. The van der Waals surface area contributed by atoms with Crippen LogP contribution in [-0.2, 0) is 20.7 Å². The summed E-state index contributed by atoms with van der Waals surface area (Å²) in [6.07, 6.45) is 5.09. The van der Waals surface area contributed by atoms with E-state index in [0.717, 1.165) is 16.5 Å². The van der Waals surface area contributed by atoms with E-state index in [1.807, 2.05) is 31.2 Å². The van der Waals surface area contributed by atoms with Crippen molar-refractivity contribution in [2.45, 2.75) is 32.8 Å². The first kappa shape index (κ1) is 30.2. The van der Waals surface area contributed by atoms with Crippen LogP contribution in [0.5, 0.6) is 0 Å². The molecule has 47 heavy (non-hydrogen) atoms. The van der Waals surface area contributed by atoms with Gasteiger partial charge in [-0.2, -0.15) is 0 Å². The second kappa shape index (κ2) is 11.2. The van der Waals surface area contributed by atoms with E-state index in [-0.39, 0.29) is 46.8 Å². The van der Waals surface area contributed by atoms with Gasteiger partial charge in [-0.3, -0.25) is 19.3 Å². The molecule has 9 heteroatoms. The number of carbonyl (C=O) groups is 4. The number of aromatic nitrogens is 1. The zero-order chi connectivity index (χ0) is 32.7. The van der Waals surface area contributed by atoms with Crippen LogP contribution in [0.3, 0.4) is 0 Å². The number of aryl methyl sites for hydroxylation is 1. The van der Waals surface area contributed by atoms with Crippen molar-refractivity contribution < 1.29 is 23.9 Å². The summed E-state index contributed by atoms with van der Waals surface area (Å²) < 4.78 is 6.53. The molecule has 7 atom stereocenters. The maximum atomic E-state index is 13.7.